The van der Waals surface area contributed by atoms with Gasteiger partial charge in [0.15, 0.2) is 12.4 Å². The van der Waals surface area contributed by atoms with Crippen LogP contribution in [0.25, 0.3) is 0 Å². The van der Waals surface area contributed by atoms with Gasteiger partial charge in [0, 0.05) is 11.5 Å². The van der Waals surface area contributed by atoms with Crippen molar-refractivity contribution in [1.29, 1.82) is 0 Å². The molecule has 3 aromatic rings. The van der Waals surface area contributed by atoms with Crippen molar-refractivity contribution in [2.75, 3.05) is 13.7 Å². The molecule has 0 aromatic heterocycles. The average molecular weight is 461 g/mol. The molecule has 4 rings (SSSR count). The average Bonchev–Trinajstić information content (AvgIpc) is 3.08. The number of esters is 2. The van der Waals surface area contributed by atoms with E-state index >= 15 is 0 Å². The van der Waals surface area contributed by atoms with E-state index in [4.69, 9.17) is 18.9 Å². The van der Waals surface area contributed by atoms with E-state index in [0.717, 1.165) is 5.56 Å². The van der Waals surface area contributed by atoms with Crippen molar-refractivity contribution in [2.24, 2.45) is 0 Å². The minimum atomic E-state index is -1.57. The zero-order chi connectivity index (χ0) is 24.0. The van der Waals surface area contributed by atoms with Gasteiger partial charge >= 0.3 is 11.9 Å². The predicted molar refractivity (Wildman–Crippen MR) is 126 cm³/mol. The van der Waals surface area contributed by atoms with Crippen molar-refractivity contribution >= 4 is 11.9 Å². The largest absolute Gasteiger partial charge is 0.467 e. The van der Waals surface area contributed by atoms with Crippen LogP contribution in [-0.4, -0.2) is 31.8 Å². The third kappa shape index (κ3) is 4.60. The summed E-state index contributed by atoms with van der Waals surface area (Å²) in [6, 6.07) is 28.0. The Hall–Kier alpha value is -3.48. The van der Waals surface area contributed by atoms with Crippen molar-refractivity contribution in [3.63, 3.8) is 0 Å². The molecule has 4 atom stereocenters. The van der Waals surface area contributed by atoms with Crippen LogP contribution in [0.15, 0.2) is 91.0 Å². The molecule has 0 bridgehead atoms. The molecule has 0 spiro atoms. The van der Waals surface area contributed by atoms with Crippen molar-refractivity contribution in [1.82, 2.24) is 0 Å². The lowest BCUT2D eigenvalue weighted by Gasteiger charge is -2.38. The topological polar surface area (TPSA) is 71.1 Å². The second-order valence-electron chi connectivity index (χ2n) is 8.03. The number of hydrogen-bond acceptors (Lipinski definition) is 6. The highest BCUT2D eigenvalue weighted by molar-refractivity contribution is 5.84. The Morgan fingerprint density at radius 1 is 0.882 bits per heavy atom. The summed E-state index contributed by atoms with van der Waals surface area (Å²) in [5.41, 5.74) is 0.555. The van der Waals surface area contributed by atoms with E-state index in [1.807, 2.05) is 91.0 Å². The van der Waals surface area contributed by atoms with Crippen molar-refractivity contribution in [3.8, 4) is 0 Å². The molecule has 6 nitrogen and oxygen atoms in total. The van der Waals surface area contributed by atoms with Crippen LogP contribution < -0.4 is 0 Å². The molecule has 34 heavy (non-hydrogen) atoms. The maximum Gasteiger partial charge on any atom is 0.343 e. The van der Waals surface area contributed by atoms with Gasteiger partial charge in [0.05, 0.1) is 13.7 Å². The number of ether oxygens (including phenoxy) is 4. The lowest BCUT2D eigenvalue weighted by atomic mass is 9.74. The molecule has 0 aliphatic carbocycles. The van der Waals surface area contributed by atoms with Gasteiger partial charge in [0.1, 0.15) is 0 Å². The van der Waals surface area contributed by atoms with Gasteiger partial charge in [-0.05, 0) is 24.5 Å². The summed E-state index contributed by atoms with van der Waals surface area (Å²) in [4.78, 5) is 26.7. The monoisotopic (exact) mass is 460 g/mol. The number of rotatable bonds is 6. The summed E-state index contributed by atoms with van der Waals surface area (Å²) in [6.07, 6.45) is -1.81. The van der Waals surface area contributed by atoms with Gasteiger partial charge in [-0.3, -0.25) is 0 Å². The maximum atomic E-state index is 13.9. The first-order valence-electron chi connectivity index (χ1n) is 11.3. The van der Waals surface area contributed by atoms with Crippen LogP contribution in [0, 0.1) is 0 Å². The minimum Gasteiger partial charge on any atom is -0.467 e. The predicted octanol–water partition coefficient (Wildman–Crippen LogP) is 4.91. The van der Waals surface area contributed by atoms with E-state index in [0.29, 0.717) is 11.1 Å². The smallest absolute Gasteiger partial charge is 0.343 e. The second kappa shape index (κ2) is 10.6. The Balaban J connectivity index is 1.97. The number of hydrogen-bond donors (Lipinski definition) is 0. The molecule has 3 aromatic carbocycles. The third-order valence-electron chi connectivity index (χ3n) is 6.04. The van der Waals surface area contributed by atoms with Crippen LogP contribution in [0.4, 0.5) is 0 Å². The van der Waals surface area contributed by atoms with Gasteiger partial charge in [0.2, 0.25) is 5.60 Å². The fourth-order valence-corrected chi connectivity index (χ4v) is 4.46. The third-order valence-corrected chi connectivity index (χ3v) is 6.04. The lowest BCUT2D eigenvalue weighted by Crippen LogP contribution is -2.46. The first kappa shape index (κ1) is 23.7. The molecular formula is C28H28O6. The highest BCUT2D eigenvalue weighted by atomic mass is 16.7. The molecule has 6 heteroatoms. The fraction of sp³-hybridized carbons (Fsp3) is 0.286. The zero-order valence-electron chi connectivity index (χ0n) is 19.3. The van der Waals surface area contributed by atoms with E-state index < -0.39 is 35.9 Å². The van der Waals surface area contributed by atoms with Gasteiger partial charge in [-0.15, -0.1) is 0 Å². The molecule has 176 valence electrons. The summed E-state index contributed by atoms with van der Waals surface area (Å²) >= 11 is 0. The summed E-state index contributed by atoms with van der Waals surface area (Å²) in [6.45, 7) is 1.93. The molecule has 1 heterocycles. The van der Waals surface area contributed by atoms with Crippen LogP contribution in [0.1, 0.15) is 42.2 Å². The summed E-state index contributed by atoms with van der Waals surface area (Å²) < 4.78 is 23.6. The van der Waals surface area contributed by atoms with Crippen LogP contribution in [0.3, 0.4) is 0 Å². The highest BCUT2D eigenvalue weighted by Gasteiger charge is 2.56. The molecule has 1 aliphatic heterocycles. The van der Waals surface area contributed by atoms with E-state index in [1.165, 1.54) is 7.11 Å². The molecular weight excluding hydrogens is 432 g/mol. The molecule has 1 unspecified atom stereocenters. The summed E-state index contributed by atoms with van der Waals surface area (Å²) in [5.74, 6) is -1.66. The van der Waals surface area contributed by atoms with Crippen molar-refractivity contribution in [2.45, 2.75) is 37.3 Å². The molecule has 1 fully saturated rings. The standard InChI is InChI=1S/C28H28O6/c1-3-32-27(30)28(22-17-11-6-12-18-22)23(20-13-7-4-8-14-20)19-24(25(29)31-2)33-26(34-28)21-15-9-5-10-16-21/h4-18,23-24,26H,3,19H2,1-2H3/t23-,24?,26-,28+/m0/s1. The zero-order valence-corrected chi connectivity index (χ0v) is 19.3. The lowest BCUT2D eigenvalue weighted by molar-refractivity contribution is -0.233. The van der Waals surface area contributed by atoms with Crippen molar-refractivity contribution in [3.05, 3.63) is 108 Å². The van der Waals surface area contributed by atoms with E-state index in [9.17, 15) is 9.59 Å². The van der Waals surface area contributed by atoms with Crippen molar-refractivity contribution < 1.29 is 28.5 Å². The Kier molecular flexibility index (Phi) is 7.40. The van der Waals surface area contributed by atoms with E-state index in [2.05, 4.69) is 0 Å². The number of carbonyl (C=O) groups excluding carboxylic acids is 2. The molecule has 0 amide bonds. The van der Waals surface area contributed by atoms with Gasteiger partial charge < -0.3 is 18.9 Å². The summed E-state index contributed by atoms with van der Waals surface area (Å²) in [7, 11) is 1.32. The fourth-order valence-electron chi connectivity index (χ4n) is 4.46. The first-order chi connectivity index (χ1) is 16.6. The van der Waals surface area contributed by atoms with Gasteiger partial charge in [-0.2, -0.15) is 0 Å². The van der Waals surface area contributed by atoms with E-state index in [-0.39, 0.29) is 13.0 Å². The SMILES string of the molecule is CCOC(=O)[C@]1(c2ccccc2)O[C@@H](c2ccccc2)OC(C(=O)OC)C[C@H]1c1ccccc1. The Bertz CT molecular complexity index is 1090. The summed E-state index contributed by atoms with van der Waals surface area (Å²) in [5, 5.41) is 0. The Labute approximate surface area is 199 Å². The number of methoxy groups -OCH3 is 1. The molecule has 1 saturated heterocycles. The molecule has 1 aliphatic rings. The maximum absolute atomic E-state index is 13.9. The van der Waals surface area contributed by atoms with Crippen LogP contribution in [0.5, 0.6) is 0 Å². The van der Waals surface area contributed by atoms with Gasteiger partial charge in [-0.1, -0.05) is 91.0 Å². The molecule has 0 radical (unpaired) electrons. The number of carbonyl (C=O) groups is 2. The van der Waals surface area contributed by atoms with Crippen LogP contribution in [0.2, 0.25) is 0 Å². The van der Waals surface area contributed by atoms with Gasteiger partial charge in [0.25, 0.3) is 0 Å². The van der Waals surface area contributed by atoms with Gasteiger partial charge in [-0.25, -0.2) is 9.59 Å². The normalized spacial score (nSPS) is 24.6. The minimum absolute atomic E-state index is 0.160. The highest BCUT2D eigenvalue weighted by Crippen LogP contribution is 2.50. The molecule has 0 saturated carbocycles. The second-order valence-corrected chi connectivity index (χ2v) is 8.03. The van der Waals surface area contributed by atoms with Crippen LogP contribution >= 0.6 is 0 Å². The quantitative estimate of drug-likeness (QED) is 0.487. The van der Waals surface area contributed by atoms with E-state index in [1.54, 1.807) is 6.92 Å². The molecule has 0 N–H and O–H groups in total. The Morgan fingerprint density at radius 3 is 2.00 bits per heavy atom. The first-order valence-corrected chi connectivity index (χ1v) is 11.3. The van der Waals surface area contributed by atoms with Crippen LogP contribution in [-0.2, 0) is 34.1 Å². The number of benzene rings is 3. The Morgan fingerprint density at radius 2 is 1.44 bits per heavy atom.